The van der Waals surface area contributed by atoms with Crippen LogP contribution in [0.5, 0.6) is 0 Å². The number of nitrogens with one attached hydrogen (secondary N) is 5. The van der Waals surface area contributed by atoms with Crippen molar-refractivity contribution in [2.75, 3.05) is 66.5 Å². The number of halogens is 10. The Hall–Kier alpha value is -12.2. The van der Waals surface area contributed by atoms with Crippen LogP contribution in [0.25, 0.3) is 60.7 Å². The molecule has 0 unspecified atom stereocenters. The third-order valence-corrected chi connectivity index (χ3v) is 24.7. The van der Waals surface area contributed by atoms with E-state index in [1.165, 1.54) is 113 Å². The number of Topliss-reactive ketones (excluding diaryl/α,β-unsaturated/α-hetero) is 2. The summed E-state index contributed by atoms with van der Waals surface area (Å²) >= 11 is 3.04. The van der Waals surface area contributed by atoms with Crippen molar-refractivity contribution in [3.8, 4) is 17.1 Å². The van der Waals surface area contributed by atoms with Crippen LogP contribution in [0.3, 0.4) is 0 Å². The standard InChI is InChI=1S/C30H30N4O2.C17H12F3NO.C16H10F3NO2.C15H20N2O.C10H9NO.C8H18N2.C7H4BrF3.Li.H2O/c1-21-7-10-27(11-8-21)34-16-13-23-17-24(9-12-28(23)34)30(36)33-19-26(20-33)31-25-14-15-32(18-25)29(35)22-5-3-2-4-6-22;1-11(22)12-2-7-16-13(10-12)8-9-21(16)15-5-3-14(4-6-15)17(18,19)20;17-16(18,19)12-2-4-13(5-3-12)20-8-7-10-9-11(15(21)22)1-6-14(10)20;18-15(14-4-2-1-3-5-14)17-7-6-12(11-17)8-13-9-16-10-13;1-7(12)8-2-3-10-9(6-8)4-5-11-10;1-9-7-5-3-4-6-8(7)10-2;8-6-3-1-5(2-4-6)7(9,10)11;;/h2-13,16-17,25-26,31H,14-15,18-20H2,1H3;2-10H,1H3;1-9H,(H,21,22);1-5,12-13,16H,6-11H2;2-6,11H,1H3;7-10H,3-6H2,1-2H3;1-4H;;1H2/q;;;;;;;+1;/p-1/t25-;;;12-;;7-,8-;;;/m0..1.1.../s1. The monoisotopic (exact) mass is 1880 g/mol. The maximum atomic E-state index is 13.1. The summed E-state index contributed by atoms with van der Waals surface area (Å²) in [6.45, 7) is 12.3. The zero-order valence-electron chi connectivity index (χ0n) is 74.4. The average Bonchev–Trinajstić information content (AvgIpc) is 1.68. The van der Waals surface area contributed by atoms with E-state index in [9.17, 15) is 68.3 Å². The Morgan fingerprint density at radius 3 is 1.25 bits per heavy atom. The Morgan fingerprint density at radius 2 is 0.812 bits per heavy atom. The molecule has 4 saturated heterocycles. The number of carbonyl (C=O) groups is 6. The minimum Gasteiger partial charge on any atom is -0.870 e. The van der Waals surface area contributed by atoms with Crippen molar-refractivity contribution >= 4 is 94.8 Å². The maximum absolute atomic E-state index is 13.1. The predicted octanol–water partition coefficient (Wildman–Crippen LogP) is 18.6. The van der Waals surface area contributed by atoms with Crippen LogP contribution in [0.1, 0.15) is 143 Å². The van der Waals surface area contributed by atoms with Gasteiger partial charge in [-0.25, -0.2) is 4.79 Å². The van der Waals surface area contributed by atoms with Crippen LogP contribution in [0.4, 0.5) is 39.5 Å². The Bertz CT molecular complexity index is 6080. The van der Waals surface area contributed by atoms with Crippen LogP contribution < -0.4 is 40.1 Å². The molecule has 14 aromatic rings. The molecule has 5 aliphatic rings. The van der Waals surface area contributed by atoms with E-state index < -0.39 is 41.2 Å². The number of ketones is 2. The molecule has 4 aromatic heterocycles. The van der Waals surface area contributed by atoms with Crippen molar-refractivity contribution in [3.63, 3.8) is 0 Å². The van der Waals surface area contributed by atoms with Gasteiger partial charge >= 0.3 is 43.4 Å². The number of nitrogens with zero attached hydrogens (tertiary/aromatic N) is 6. The number of aromatic carboxylic acids is 1. The van der Waals surface area contributed by atoms with Gasteiger partial charge in [-0.2, -0.15) is 39.5 Å². The molecule has 7 N–H and O–H groups in total. The number of likely N-dealkylation sites (N-methyl/N-ethyl adjacent to an activating group) is 2. The number of hydrogen-bond acceptors (Lipinski definition) is 11. The summed E-state index contributed by atoms with van der Waals surface area (Å²) in [5.74, 6) is 0.991. The number of alkyl halides is 9. The molecule has 4 atom stereocenters. The number of hydrogen-bond donors (Lipinski definition) is 6. The summed E-state index contributed by atoms with van der Waals surface area (Å²) in [5, 5.41) is 26.3. The minimum absolute atomic E-state index is 0. The summed E-state index contributed by atoms with van der Waals surface area (Å²) in [6.07, 6.45) is 3.31. The fourth-order valence-corrected chi connectivity index (χ4v) is 17.0. The number of aromatic nitrogens is 4. The summed E-state index contributed by atoms with van der Waals surface area (Å²) < 4.78 is 118. The molecule has 19 rings (SSSR count). The first-order valence-electron chi connectivity index (χ1n) is 43.5. The number of carbonyl (C=O) groups excluding carboxylic acids is 5. The molecule has 10 aromatic carbocycles. The molecule has 4 aliphatic heterocycles. The van der Waals surface area contributed by atoms with E-state index in [4.69, 9.17) is 5.11 Å². The van der Waals surface area contributed by atoms with Gasteiger partial charge in [0, 0.05) is 165 Å². The van der Waals surface area contributed by atoms with Gasteiger partial charge in [0.1, 0.15) is 0 Å². The molecule has 0 bridgehead atoms. The van der Waals surface area contributed by atoms with Crippen molar-refractivity contribution in [3.05, 3.63) is 340 Å². The van der Waals surface area contributed by atoms with Crippen LogP contribution in [0.2, 0.25) is 0 Å². The fourth-order valence-electron chi connectivity index (χ4n) is 16.7. The van der Waals surface area contributed by atoms with Gasteiger partial charge in [0.15, 0.2) is 11.6 Å². The predicted molar refractivity (Wildman–Crippen MR) is 500 cm³/mol. The second-order valence-electron chi connectivity index (χ2n) is 33.3. The number of likely N-dealkylation sites (tertiary alicyclic amines) is 3. The van der Waals surface area contributed by atoms with Crippen molar-refractivity contribution < 1.29 is 97.7 Å². The smallest absolute Gasteiger partial charge is 0.870 e. The first kappa shape index (κ1) is 101. The van der Waals surface area contributed by atoms with Crippen LogP contribution in [-0.4, -0.2) is 170 Å². The second kappa shape index (κ2) is 46.0. The number of fused-ring (bicyclic) bond motifs is 4. The molecule has 30 heteroatoms. The van der Waals surface area contributed by atoms with Crippen LogP contribution in [-0.2, 0) is 18.5 Å². The van der Waals surface area contributed by atoms with E-state index >= 15 is 0 Å². The average molecular weight is 1880 g/mol. The van der Waals surface area contributed by atoms with Gasteiger partial charge in [0.25, 0.3) is 17.7 Å². The molecule has 8 heterocycles. The topological polar surface area (TPSA) is 241 Å². The quantitative estimate of drug-likeness (QED) is 0.0319. The van der Waals surface area contributed by atoms with Crippen molar-refractivity contribution in [2.24, 2.45) is 11.8 Å². The molecule has 0 spiro atoms. The van der Waals surface area contributed by atoms with E-state index in [0.717, 1.165) is 135 Å². The van der Waals surface area contributed by atoms with Gasteiger partial charge in [0.05, 0.1) is 38.8 Å². The summed E-state index contributed by atoms with van der Waals surface area (Å²) in [6, 6.07) is 73.2. The number of amides is 3. The van der Waals surface area contributed by atoms with Gasteiger partial charge in [-0.15, -0.1) is 0 Å². The molecular formula is C103H104BrF9LiN11O8. The number of H-pyrrole nitrogens is 1. The minimum atomic E-state index is -4.37. The van der Waals surface area contributed by atoms with Gasteiger partial charge < -0.3 is 65.2 Å². The zero-order valence-corrected chi connectivity index (χ0v) is 76.0. The van der Waals surface area contributed by atoms with Gasteiger partial charge in [-0.3, -0.25) is 24.0 Å². The van der Waals surface area contributed by atoms with E-state index in [2.05, 4.69) is 104 Å². The normalized spacial score (nSPS) is 16.5. The third-order valence-electron chi connectivity index (χ3n) is 24.1. The number of rotatable bonds is 15. The first-order valence-corrected chi connectivity index (χ1v) is 44.2. The zero-order chi connectivity index (χ0) is 93.3. The van der Waals surface area contributed by atoms with Gasteiger partial charge in [-0.1, -0.05) is 82.9 Å². The van der Waals surface area contributed by atoms with Gasteiger partial charge in [-0.05, 0) is 298 Å². The fraction of sp³-hybridized carbons (Fsp3) is 0.282. The largest absolute Gasteiger partial charge is 1.00 e. The van der Waals surface area contributed by atoms with E-state index in [1.807, 2.05) is 130 Å². The van der Waals surface area contributed by atoms with Crippen molar-refractivity contribution in [2.45, 2.75) is 108 Å². The molecule has 5 fully saturated rings. The van der Waals surface area contributed by atoms with E-state index in [1.54, 1.807) is 58.8 Å². The van der Waals surface area contributed by atoms with Crippen molar-refractivity contribution in [1.82, 2.24) is 54.7 Å². The van der Waals surface area contributed by atoms with E-state index in [0.29, 0.717) is 64.4 Å². The maximum Gasteiger partial charge on any atom is 1.00 e. The number of aromatic amines is 1. The van der Waals surface area contributed by atoms with Crippen LogP contribution in [0, 0.1) is 18.8 Å². The number of carboxylic acid groups (broad SMARTS) is 1. The molecule has 19 nitrogen and oxygen atoms in total. The van der Waals surface area contributed by atoms with Crippen molar-refractivity contribution in [1.29, 1.82) is 0 Å². The summed E-state index contributed by atoms with van der Waals surface area (Å²) in [7, 11) is 4.11. The van der Waals surface area contributed by atoms with Crippen LogP contribution >= 0.6 is 15.9 Å². The molecular weight excluding hydrogens is 1780 g/mol. The number of aryl methyl sites for hydroxylation is 1. The number of carboxylic acids is 1. The Kier molecular flexibility index (Phi) is 35.0. The molecule has 133 heavy (non-hydrogen) atoms. The Labute approximate surface area is 785 Å². The van der Waals surface area contributed by atoms with E-state index in [-0.39, 0.29) is 71.3 Å². The van der Waals surface area contributed by atoms with Gasteiger partial charge in [0.2, 0.25) is 0 Å². The first-order chi connectivity index (χ1) is 62.7. The molecule has 1 saturated carbocycles. The second-order valence-corrected chi connectivity index (χ2v) is 34.2. The molecule has 1 aliphatic carbocycles. The molecule has 0 radical (unpaired) electrons. The summed E-state index contributed by atoms with van der Waals surface area (Å²) in [5.41, 5.74) is 9.11. The molecule has 3 amide bonds. The Balaban J connectivity index is 0.000000156. The third kappa shape index (κ3) is 26.7. The summed E-state index contributed by atoms with van der Waals surface area (Å²) in [4.78, 5) is 80.3. The number of benzene rings is 10. The molecule has 690 valence electrons. The SMILES string of the molecule is CC(=O)c1ccc2[nH]ccc2c1.CC(=O)c1ccc2c(ccn2-c2ccc(C(F)(F)F)cc2)c1.CN[C@@H]1CCCC[C@H]1NC.Cc1ccc(-n2ccc3cc(C(=O)N4CC(N[C@H]5CCN(C(=O)c6ccccc6)C5)C4)ccc32)cc1.FC(F)(F)c1ccc(Br)cc1.O=C(O)c1ccc2c(ccn2-c2ccc(C(F)(F)F)cc2)c1.O=C(c1ccccc1)N1CC[C@H](CC2CNC2)C1.[Li+].[OH-]. The van der Waals surface area contributed by atoms with Crippen LogP contribution in [0.15, 0.2) is 284 Å². The Morgan fingerprint density at radius 1 is 0.421 bits per heavy atom.